The van der Waals surface area contributed by atoms with E-state index < -0.39 is 0 Å². The number of pyridine rings is 1. The van der Waals surface area contributed by atoms with E-state index >= 15 is 0 Å². The number of fused-ring (bicyclic) bond motifs is 1. The molecule has 1 amide bonds. The molecule has 0 radical (unpaired) electrons. The van der Waals surface area contributed by atoms with Crippen LogP contribution in [0, 0.1) is 0 Å². The van der Waals surface area contributed by atoms with Crippen molar-refractivity contribution in [3.63, 3.8) is 0 Å². The van der Waals surface area contributed by atoms with E-state index in [9.17, 15) is 9.59 Å². The van der Waals surface area contributed by atoms with Crippen LogP contribution >= 0.6 is 15.9 Å². The quantitative estimate of drug-likeness (QED) is 0.324. The van der Waals surface area contributed by atoms with Crippen molar-refractivity contribution in [2.45, 2.75) is 24.7 Å². The Bertz CT molecular complexity index is 1350. The number of rotatable bonds is 7. The highest BCUT2D eigenvalue weighted by Crippen LogP contribution is 2.27. The predicted molar refractivity (Wildman–Crippen MR) is 136 cm³/mol. The molecule has 0 aliphatic carbocycles. The molecule has 3 aromatic carbocycles. The van der Waals surface area contributed by atoms with E-state index in [1.54, 1.807) is 23.8 Å². The predicted octanol–water partition coefficient (Wildman–Crippen LogP) is 5.78. The molecule has 1 heterocycles. The Hall–Kier alpha value is -3.38. The molecule has 0 fully saturated rings. The minimum atomic E-state index is -0.215. The number of nitrogens with zero attached hydrogens (tertiary/aromatic N) is 1. The lowest BCUT2D eigenvalue weighted by Crippen LogP contribution is -2.32. The van der Waals surface area contributed by atoms with E-state index in [1.807, 2.05) is 73.7 Å². The fraction of sp³-hybridized carbons (Fsp3) is 0.185. The summed E-state index contributed by atoms with van der Waals surface area (Å²) < 4.78 is 6.96. The van der Waals surface area contributed by atoms with Gasteiger partial charge in [0.1, 0.15) is 5.75 Å². The number of carbonyl (C=O) groups excluding carboxylic acids is 1. The molecule has 0 saturated heterocycles. The van der Waals surface area contributed by atoms with Crippen LogP contribution in [0.1, 0.15) is 41.0 Å². The summed E-state index contributed by atoms with van der Waals surface area (Å²) >= 11 is 3.54. The molecule has 33 heavy (non-hydrogen) atoms. The first kappa shape index (κ1) is 22.8. The Morgan fingerprint density at radius 1 is 1.00 bits per heavy atom. The van der Waals surface area contributed by atoms with E-state index in [2.05, 4.69) is 21.2 Å². The average molecular weight is 505 g/mol. The Morgan fingerprint density at radius 3 is 2.36 bits per heavy atom. The molecule has 0 aliphatic rings. The largest absolute Gasteiger partial charge is 0.497 e. The molecule has 6 heteroatoms. The number of hydrogen-bond acceptors (Lipinski definition) is 3. The van der Waals surface area contributed by atoms with Gasteiger partial charge in [-0.15, -0.1) is 0 Å². The van der Waals surface area contributed by atoms with Crippen LogP contribution in [0.3, 0.4) is 0 Å². The van der Waals surface area contributed by atoms with Crippen LogP contribution < -0.4 is 15.6 Å². The third-order valence-corrected chi connectivity index (χ3v) is 6.30. The summed E-state index contributed by atoms with van der Waals surface area (Å²) in [6, 6.07) is 24.3. The molecule has 0 saturated carbocycles. The molecule has 1 N–H and O–H groups in total. The normalized spacial score (nSPS) is 11.8. The first-order chi connectivity index (χ1) is 16.1. The van der Waals surface area contributed by atoms with E-state index in [1.165, 1.54) is 0 Å². The zero-order valence-corrected chi connectivity index (χ0v) is 20.1. The highest BCUT2D eigenvalue weighted by atomic mass is 79.9. The van der Waals surface area contributed by atoms with Crippen LogP contribution in [0.25, 0.3) is 16.5 Å². The third-order valence-electron chi connectivity index (χ3n) is 5.77. The highest BCUT2D eigenvalue weighted by molar-refractivity contribution is 9.08. The fourth-order valence-corrected chi connectivity index (χ4v) is 4.67. The molecule has 168 valence electrons. The summed E-state index contributed by atoms with van der Waals surface area (Å²) in [5, 5.41) is 4.64. The van der Waals surface area contributed by atoms with Crippen LogP contribution in [0.2, 0.25) is 0 Å². The number of alkyl halides is 1. The van der Waals surface area contributed by atoms with Gasteiger partial charge in [-0.3, -0.25) is 14.2 Å². The topological polar surface area (TPSA) is 60.3 Å². The number of amides is 1. The van der Waals surface area contributed by atoms with Gasteiger partial charge in [0, 0.05) is 22.2 Å². The van der Waals surface area contributed by atoms with Crippen LogP contribution in [0.5, 0.6) is 5.75 Å². The Morgan fingerprint density at radius 2 is 1.70 bits per heavy atom. The van der Waals surface area contributed by atoms with Gasteiger partial charge >= 0.3 is 0 Å². The van der Waals surface area contributed by atoms with Gasteiger partial charge in [0.05, 0.1) is 30.1 Å². The van der Waals surface area contributed by atoms with Gasteiger partial charge in [0.25, 0.3) is 11.5 Å². The Kier molecular flexibility index (Phi) is 6.94. The van der Waals surface area contributed by atoms with Crippen molar-refractivity contribution in [3.05, 3.63) is 106 Å². The van der Waals surface area contributed by atoms with Crippen molar-refractivity contribution in [3.8, 4) is 11.4 Å². The van der Waals surface area contributed by atoms with Crippen molar-refractivity contribution in [1.29, 1.82) is 0 Å². The minimum absolute atomic E-state index is 0.141. The second-order valence-corrected chi connectivity index (χ2v) is 8.25. The zero-order chi connectivity index (χ0) is 23.4. The van der Waals surface area contributed by atoms with E-state index in [4.69, 9.17) is 4.74 Å². The molecule has 1 atom stereocenters. The van der Waals surface area contributed by atoms with E-state index in [0.717, 1.165) is 12.0 Å². The first-order valence-electron chi connectivity index (χ1n) is 10.8. The monoisotopic (exact) mass is 504 g/mol. The number of hydrogen-bond donors (Lipinski definition) is 1. The van der Waals surface area contributed by atoms with Crippen molar-refractivity contribution in [2.24, 2.45) is 0 Å². The van der Waals surface area contributed by atoms with Crippen molar-refractivity contribution in [2.75, 3.05) is 7.11 Å². The Balaban J connectivity index is 1.93. The van der Waals surface area contributed by atoms with Crippen molar-refractivity contribution >= 4 is 32.6 Å². The summed E-state index contributed by atoms with van der Waals surface area (Å²) in [5.41, 5.74) is 2.58. The lowest BCUT2D eigenvalue weighted by atomic mass is 10.0. The lowest BCUT2D eigenvalue weighted by molar-refractivity contribution is 0.0936. The van der Waals surface area contributed by atoms with Gasteiger partial charge in [-0.2, -0.15) is 0 Å². The molecule has 0 unspecified atom stereocenters. The number of carbonyl (C=O) groups is 1. The standard InChI is InChI=1S/C27H25BrN2O3/c1-3-23(18-10-5-4-6-11-18)29-26(31)25-21-14-7-8-15-22(21)27(32)30(24(25)17-28)19-12-9-13-20(16-19)33-2/h4-16,23H,3,17H2,1-2H3,(H,29,31)/t23-/m0/s1. The summed E-state index contributed by atoms with van der Waals surface area (Å²) in [4.78, 5) is 27.3. The summed E-state index contributed by atoms with van der Waals surface area (Å²) in [6.07, 6.45) is 0.743. The molecule has 0 spiro atoms. The number of nitrogens with one attached hydrogen (secondary N) is 1. The summed E-state index contributed by atoms with van der Waals surface area (Å²) in [5.74, 6) is 0.419. The maximum atomic E-state index is 13.7. The summed E-state index contributed by atoms with van der Waals surface area (Å²) in [6.45, 7) is 2.04. The SMILES string of the molecule is CC[C@H](NC(=O)c1c(CBr)n(-c2cccc(OC)c2)c(=O)c2ccccc12)c1ccccc1. The van der Waals surface area contributed by atoms with Gasteiger partial charge in [0.2, 0.25) is 0 Å². The molecule has 0 aliphatic heterocycles. The maximum absolute atomic E-state index is 13.7. The highest BCUT2D eigenvalue weighted by Gasteiger charge is 2.24. The Labute approximate surface area is 201 Å². The molecule has 0 bridgehead atoms. The second-order valence-electron chi connectivity index (χ2n) is 7.69. The third kappa shape index (κ3) is 4.44. The average Bonchev–Trinajstić information content (AvgIpc) is 2.87. The molecule has 1 aromatic heterocycles. The number of ether oxygens (including phenoxy) is 1. The van der Waals surface area contributed by atoms with Gasteiger partial charge in [-0.05, 0) is 30.2 Å². The van der Waals surface area contributed by atoms with E-state index in [0.29, 0.717) is 38.8 Å². The van der Waals surface area contributed by atoms with Crippen molar-refractivity contribution < 1.29 is 9.53 Å². The fourth-order valence-electron chi connectivity index (χ4n) is 4.14. The summed E-state index contributed by atoms with van der Waals surface area (Å²) in [7, 11) is 1.58. The zero-order valence-electron chi connectivity index (χ0n) is 18.5. The number of aromatic nitrogens is 1. The second kappa shape index (κ2) is 10.0. The molecule has 4 rings (SSSR count). The van der Waals surface area contributed by atoms with Gasteiger partial charge in [0.15, 0.2) is 0 Å². The first-order valence-corrected chi connectivity index (χ1v) is 11.9. The minimum Gasteiger partial charge on any atom is -0.497 e. The molecular formula is C27H25BrN2O3. The van der Waals surface area contributed by atoms with Crippen LogP contribution in [0.15, 0.2) is 83.7 Å². The van der Waals surface area contributed by atoms with Gasteiger partial charge in [-0.25, -0.2) is 0 Å². The number of benzene rings is 3. The number of methoxy groups -OCH3 is 1. The molecular weight excluding hydrogens is 480 g/mol. The van der Waals surface area contributed by atoms with Crippen molar-refractivity contribution in [1.82, 2.24) is 9.88 Å². The lowest BCUT2D eigenvalue weighted by Gasteiger charge is -2.22. The van der Waals surface area contributed by atoms with Crippen LogP contribution in [0.4, 0.5) is 0 Å². The smallest absolute Gasteiger partial charge is 0.263 e. The van der Waals surface area contributed by atoms with E-state index in [-0.39, 0.29) is 17.5 Å². The number of halogens is 1. The van der Waals surface area contributed by atoms with Crippen LogP contribution in [-0.2, 0) is 5.33 Å². The molecule has 5 nitrogen and oxygen atoms in total. The maximum Gasteiger partial charge on any atom is 0.263 e. The van der Waals surface area contributed by atoms with Gasteiger partial charge in [-0.1, -0.05) is 77.5 Å². The van der Waals surface area contributed by atoms with Crippen LogP contribution in [-0.4, -0.2) is 17.6 Å². The van der Waals surface area contributed by atoms with Gasteiger partial charge < -0.3 is 10.1 Å². The molecule has 4 aromatic rings.